The number of imide groups is 1. The van der Waals surface area contributed by atoms with Crippen LogP contribution >= 0.6 is 0 Å². The molecule has 4 nitrogen and oxygen atoms in total. The lowest BCUT2D eigenvalue weighted by molar-refractivity contribution is -0.126. The largest absolute Gasteiger partial charge is 0.274 e. The molecule has 0 atom stereocenters. The molecule has 19 heavy (non-hydrogen) atoms. The molecule has 1 saturated heterocycles. The number of rotatable bonds is 3. The molecule has 1 heterocycles. The summed E-state index contributed by atoms with van der Waals surface area (Å²) in [6, 6.07) is 8.75. The number of carbonyl (C=O) groups is 2. The highest BCUT2D eigenvalue weighted by molar-refractivity contribution is 6.23. The first kappa shape index (κ1) is 13.3. The van der Waals surface area contributed by atoms with Gasteiger partial charge < -0.3 is 0 Å². The summed E-state index contributed by atoms with van der Waals surface area (Å²) in [6.45, 7) is 3.85. The van der Waals surface area contributed by atoms with Crippen molar-refractivity contribution in [1.29, 1.82) is 5.26 Å². The molecule has 98 valence electrons. The van der Waals surface area contributed by atoms with Gasteiger partial charge in [-0.3, -0.25) is 9.59 Å². The van der Waals surface area contributed by atoms with E-state index in [1.807, 2.05) is 19.9 Å². The highest BCUT2D eigenvalue weighted by Gasteiger charge is 2.50. The number of hydrogen-bond donors (Lipinski definition) is 0. The maximum Gasteiger partial charge on any atom is 0.240 e. The van der Waals surface area contributed by atoms with Gasteiger partial charge in [-0.05, 0) is 25.0 Å². The Kier molecular flexibility index (Phi) is 3.39. The Bertz CT molecular complexity index is 568. The van der Waals surface area contributed by atoms with Gasteiger partial charge in [0.2, 0.25) is 11.8 Å². The number of benzene rings is 1. The summed E-state index contributed by atoms with van der Waals surface area (Å²) in [5, 5.41) is 9.10. The van der Waals surface area contributed by atoms with Gasteiger partial charge in [0.15, 0.2) is 0 Å². The minimum Gasteiger partial charge on any atom is -0.274 e. The summed E-state index contributed by atoms with van der Waals surface area (Å²) >= 11 is 0. The molecule has 0 saturated carbocycles. The molecule has 0 N–H and O–H groups in total. The Morgan fingerprint density at radius 2 is 1.89 bits per heavy atom. The van der Waals surface area contributed by atoms with Gasteiger partial charge in [-0.15, -0.1) is 0 Å². The SMILES string of the molecule is CCC1(CC)CC(=O)N(c2ccccc2C#N)C1=O. The Morgan fingerprint density at radius 3 is 2.42 bits per heavy atom. The third kappa shape index (κ3) is 1.91. The van der Waals surface area contributed by atoms with E-state index in [9.17, 15) is 9.59 Å². The highest BCUT2D eigenvalue weighted by atomic mass is 16.2. The second-order valence-electron chi connectivity index (χ2n) is 4.83. The Morgan fingerprint density at radius 1 is 1.26 bits per heavy atom. The summed E-state index contributed by atoms with van der Waals surface area (Å²) in [7, 11) is 0. The average molecular weight is 256 g/mol. The van der Waals surface area contributed by atoms with Crippen LogP contribution in [0.25, 0.3) is 0 Å². The Labute approximate surface area is 112 Å². The fraction of sp³-hybridized carbons (Fsp3) is 0.400. The van der Waals surface area contributed by atoms with E-state index in [2.05, 4.69) is 0 Å². The summed E-state index contributed by atoms with van der Waals surface area (Å²) in [4.78, 5) is 25.9. The smallest absolute Gasteiger partial charge is 0.240 e. The zero-order valence-electron chi connectivity index (χ0n) is 11.1. The molecule has 4 heteroatoms. The molecule has 2 amide bonds. The van der Waals surface area contributed by atoms with Gasteiger partial charge in [0.25, 0.3) is 0 Å². The van der Waals surface area contributed by atoms with Crippen molar-refractivity contribution in [2.75, 3.05) is 4.90 Å². The maximum absolute atomic E-state index is 12.6. The van der Waals surface area contributed by atoms with Crippen LogP contribution in [-0.4, -0.2) is 11.8 Å². The predicted molar refractivity (Wildman–Crippen MR) is 71.3 cm³/mol. The number of nitriles is 1. The topological polar surface area (TPSA) is 61.2 Å². The van der Waals surface area contributed by atoms with Gasteiger partial charge >= 0.3 is 0 Å². The van der Waals surface area contributed by atoms with Crippen molar-refractivity contribution in [3.63, 3.8) is 0 Å². The molecule has 2 rings (SSSR count). The third-order valence-electron chi connectivity index (χ3n) is 4.01. The average Bonchev–Trinajstić information content (AvgIpc) is 2.70. The summed E-state index contributed by atoms with van der Waals surface area (Å²) < 4.78 is 0. The summed E-state index contributed by atoms with van der Waals surface area (Å²) in [5.41, 5.74) is 0.163. The predicted octanol–water partition coefficient (Wildman–Crippen LogP) is 2.63. The number of amides is 2. The van der Waals surface area contributed by atoms with Crippen LogP contribution in [-0.2, 0) is 9.59 Å². The Balaban J connectivity index is 2.50. The van der Waals surface area contributed by atoms with E-state index in [0.717, 1.165) is 0 Å². The third-order valence-corrected chi connectivity index (χ3v) is 4.01. The zero-order chi connectivity index (χ0) is 14.0. The number of hydrogen-bond acceptors (Lipinski definition) is 3. The first-order chi connectivity index (χ1) is 9.09. The zero-order valence-corrected chi connectivity index (χ0v) is 11.1. The normalized spacial score (nSPS) is 17.6. The van der Waals surface area contributed by atoms with Gasteiger partial charge in [0, 0.05) is 6.42 Å². The van der Waals surface area contributed by atoms with Crippen molar-refractivity contribution in [2.45, 2.75) is 33.1 Å². The number of nitrogens with zero attached hydrogens (tertiary/aromatic N) is 2. The molecule has 1 fully saturated rings. The summed E-state index contributed by atoms with van der Waals surface area (Å²) in [6.07, 6.45) is 1.51. The fourth-order valence-electron chi connectivity index (χ4n) is 2.60. The van der Waals surface area contributed by atoms with Gasteiger partial charge in [-0.2, -0.15) is 5.26 Å². The number of carbonyl (C=O) groups excluding carboxylic acids is 2. The van der Waals surface area contributed by atoms with Crippen LogP contribution in [0.2, 0.25) is 0 Å². The molecular weight excluding hydrogens is 240 g/mol. The van der Waals surface area contributed by atoms with E-state index in [4.69, 9.17) is 5.26 Å². The van der Waals surface area contributed by atoms with Crippen molar-refractivity contribution in [3.8, 4) is 6.07 Å². The first-order valence-electron chi connectivity index (χ1n) is 6.46. The van der Waals surface area contributed by atoms with Gasteiger partial charge in [0.1, 0.15) is 6.07 Å². The van der Waals surface area contributed by atoms with Crippen LogP contribution < -0.4 is 4.90 Å². The molecule has 1 aliphatic heterocycles. The van der Waals surface area contributed by atoms with Crippen LogP contribution in [0.3, 0.4) is 0 Å². The van der Waals surface area contributed by atoms with E-state index in [1.165, 1.54) is 4.90 Å². The second-order valence-corrected chi connectivity index (χ2v) is 4.83. The molecule has 0 spiro atoms. The van der Waals surface area contributed by atoms with E-state index >= 15 is 0 Å². The lowest BCUT2D eigenvalue weighted by Gasteiger charge is -2.23. The fourth-order valence-corrected chi connectivity index (χ4v) is 2.60. The molecule has 0 unspecified atom stereocenters. The Hall–Kier alpha value is -2.15. The first-order valence-corrected chi connectivity index (χ1v) is 6.46. The quantitative estimate of drug-likeness (QED) is 0.781. The van der Waals surface area contributed by atoms with Crippen molar-refractivity contribution in [1.82, 2.24) is 0 Å². The van der Waals surface area contributed by atoms with Gasteiger partial charge in [-0.25, -0.2) is 4.90 Å². The van der Waals surface area contributed by atoms with Crippen LogP contribution in [0.5, 0.6) is 0 Å². The van der Waals surface area contributed by atoms with E-state index in [1.54, 1.807) is 24.3 Å². The van der Waals surface area contributed by atoms with Crippen molar-refractivity contribution in [3.05, 3.63) is 29.8 Å². The maximum atomic E-state index is 12.6. The van der Waals surface area contributed by atoms with Gasteiger partial charge in [0.05, 0.1) is 16.7 Å². The van der Waals surface area contributed by atoms with Crippen LogP contribution in [0.15, 0.2) is 24.3 Å². The van der Waals surface area contributed by atoms with E-state index in [-0.39, 0.29) is 18.2 Å². The lowest BCUT2D eigenvalue weighted by Crippen LogP contribution is -2.35. The molecular formula is C15H16N2O2. The van der Waals surface area contributed by atoms with Crippen LogP contribution in [0, 0.1) is 16.7 Å². The van der Waals surface area contributed by atoms with Crippen molar-refractivity contribution < 1.29 is 9.59 Å². The standard InChI is InChI=1S/C15H16N2O2/c1-3-15(4-2)9-13(18)17(14(15)19)12-8-6-5-7-11(12)10-16/h5-8H,3-4,9H2,1-2H3. The van der Waals surface area contributed by atoms with E-state index in [0.29, 0.717) is 24.1 Å². The van der Waals surface area contributed by atoms with E-state index < -0.39 is 5.41 Å². The molecule has 0 radical (unpaired) electrons. The minimum absolute atomic E-state index is 0.176. The highest BCUT2D eigenvalue weighted by Crippen LogP contribution is 2.41. The van der Waals surface area contributed by atoms with Crippen molar-refractivity contribution >= 4 is 17.5 Å². The molecule has 1 aliphatic rings. The van der Waals surface area contributed by atoms with Crippen LogP contribution in [0.1, 0.15) is 38.7 Å². The summed E-state index contributed by atoms with van der Waals surface area (Å²) in [5.74, 6) is -0.387. The van der Waals surface area contributed by atoms with Crippen LogP contribution in [0.4, 0.5) is 5.69 Å². The second kappa shape index (κ2) is 4.85. The monoisotopic (exact) mass is 256 g/mol. The molecule has 0 aliphatic carbocycles. The number of para-hydroxylation sites is 1. The van der Waals surface area contributed by atoms with Gasteiger partial charge in [-0.1, -0.05) is 26.0 Å². The molecule has 1 aromatic carbocycles. The molecule has 0 bridgehead atoms. The molecule has 1 aromatic rings. The minimum atomic E-state index is -0.598. The molecule has 0 aromatic heterocycles. The lowest BCUT2D eigenvalue weighted by atomic mass is 9.81. The number of anilines is 1. The van der Waals surface area contributed by atoms with Crippen molar-refractivity contribution in [2.24, 2.45) is 5.41 Å².